The molecule has 0 aromatic carbocycles. The van der Waals surface area contributed by atoms with Crippen LogP contribution in [0.4, 0.5) is 0 Å². The lowest BCUT2D eigenvalue weighted by Crippen LogP contribution is -2.40. The van der Waals surface area contributed by atoms with Crippen molar-refractivity contribution in [1.29, 1.82) is 0 Å². The van der Waals surface area contributed by atoms with Crippen molar-refractivity contribution in [1.82, 2.24) is 15.3 Å². The summed E-state index contributed by atoms with van der Waals surface area (Å²) in [4.78, 5) is 20.3. The molecular formula is C17H27N3O3. The number of carbonyl (C=O) groups is 1. The van der Waals surface area contributed by atoms with Crippen molar-refractivity contribution < 1.29 is 14.3 Å². The minimum atomic E-state index is 0.0208. The molecule has 6 nitrogen and oxygen atoms in total. The second kappa shape index (κ2) is 7.62. The van der Waals surface area contributed by atoms with Crippen LogP contribution in [-0.4, -0.2) is 35.1 Å². The Hall–Kier alpha value is -1.85. The number of aromatic nitrogens is 2. The first-order valence-corrected chi connectivity index (χ1v) is 8.18. The highest BCUT2D eigenvalue weighted by molar-refractivity contribution is 5.76. The van der Waals surface area contributed by atoms with E-state index in [2.05, 4.69) is 36.1 Å². The lowest BCUT2D eigenvalue weighted by molar-refractivity contribution is -0.123. The quantitative estimate of drug-likeness (QED) is 0.902. The van der Waals surface area contributed by atoms with Gasteiger partial charge in [-0.05, 0) is 31.1 Å². The number of nitrogens with zero attached hydrogens (tertiary/aromatic N) is 2. The molecular weight excluding hydrogens is 294 g/mol. The van der Waals surface area contributed by atoms with Crippen LogP contribution in [0.25, 0.3) is 0 Å². The van der Waals surface area contributed by atoms with Gasteiger partial charge in [-0.1, -0.05) is 20.8 Å². The van der Waals surface area contributed by atoms with Gasteiger partial charge in [0.25, 0.3) is 11.8 Å². The maximum atomic E-state index is 12.0. The minimum Gasteiger partial charge on any atom is -0.477 e. The molecule has 0 saturated heterocycles. The summed E-state index contributed by atoms with van der Waals surface area (Å²) in [5.41, 5.74) is 0.0208. The first-order chi connectivity index (χ1) is 10.9. The zero-order valence-electron chi connectivity index (χ0n) is 14.5. The van der Waals surface area contributed by atoms with Crippen LogP contribution in [0.2, 0.25) is 0 Å². The van der Waals surface area contributed by atoms with Crippen molar-refractivity contribution in [3.63, 3.8) is 0 Å². The van der Waals surface area contributed by atoms with Gasteiger partial charge in [0, 0.05) is 24.9 Å². The van der Waals surface area contributed by atoms with Crippen molar-refractivity contribution in [2.75, 3.05) is 7.11 Å². The van der Waals surface area contributed by atoms with Gasteiger partial charge in [-0.25, -0.2) is 9.97 Å². The molecule has 6 heteroatoms. The molecule has 2 rings (SSSR count). The van der Waals surface area contributed by atoms with Gasteiger partial charge in [-0.2, -0.15) is 0 Å². The van der Waals surface area contributed by atoms with E-state index in [0.29, 0.717) is 18.2 Å². The Morgan fingerprint density at radius 3 is 2.35 bits per heavy atom. The summed E-state index contributed by atoms with van der Waals surface area (Å²) in [5.74, 6) is 0.987. The van der Waals surface area contributed by atoms with E-state index in [4.69, 9.17) is 9.47 Å². The smallest absolute Gasteiger partial charge is 0.278 e. The number of ether oxygens (including phenoxy) is 2. The summed E-state index contributed by atoms with van der Waals surface area (Å²) in [6, 6.07) is 0.244. The molecule has 0 unspecified atom stereocenters. The third kappa shape index (κ3) is 5.69. The summed E-state index contributed by atoms with van der Waals surface area (Å²) in [7, 11) is 1.55. The fraction of sp³-hybridized carbons (Fsp3) is 0.706. The number of nitrogens with one attached hydrogen (secondary N) is 1. The Bertz CT molecular complexity index is 520. The third-order valence-corrected chi connectivity index (χ3v) is 3.84. The zero-order valence-corrected chi connectivity index (χ0v) is 14.5. The highest BCUT2D eigenvalue weighted by Gasteiger charge is 2.26. The largest absolute Gasteiger partial charge is 0.477 e. The fourth-order valence-corrected chi connectivity index (χ4v) is 2.78. The predicted octanol–water partition coefficient (Wildman–Crippen LogP) is 2.73. The molecule has 1 N–H and O–H groups in total. The SMILES string of the molecule is COc1nccnc1OC1CCC(NC(=O)CC(C)(C)C)CC1. The van der Waals surface area contributed by atoms with Gasteiger partial charge in [0.05, 0.1) is 7.11 Å². The van der Waals surface area contributed by atoms with E-state index in [-0.39, 0.29) is 23.5 Å². The van der Waals surface area contributed by atoms with Crippen LogP contribution in [0.15, 0.2) is 12.4 Å². The maximum Gasteiger partial charge on any atom is 0.278 e. The average molecular weight is 321 g/mol. The van der Waals surface area contributed by atoms with Gasteiger partial charge in [0.15, 0.2) is 0 Å². The number of amides is 1. The molecule has 0 spiro atoms. The Kier molecular flexibility index (Phi) is 5.80. The second-order valence-corrected chi connectivity index (χ2v) is 7.27. The Balaban J connectivity index is 1.79. The molecule has 1 fully saturated rings. The van der Waals surface area contributed by atoms with Crippen LogP contribution in [-0.2, 0) is 4.79 Å². The molecule has 0 radical (unpaired) electrons. The van der Waals surface area contributed by atoms with Crippen LogP contribution >= 0.6 is 0 Å². The van der Waals surface area contributed by atoms with E-state index < -0.39 is 0 Å². The van der Waals surface area contributed by atoms with Gasteiger partial charge in [-0.15, -0.1) is 0 Å². The highest BCUT2D eigenvalue weighted by Crippen LogP contribution is 2.27. The molecule has 1 aliphatic carbocycles. The number of hydrogen-bond acceptors (Lipinski definition) is 5. The molecule has 128 valence electrons. The monoisotopic (exact) mass is 321 g/mol. The van der Waals surface area contributed by atoms with Crippen LogP contribution in [0, 0.1) is 5.41 Å². The number of hydrogen-bond donors (Lipinski definition) is 1. The van der Waals surface area contributed by atoms with E-state index in [9.17, 15) is 4.79 Å². The van der Waals surface area contributed by atoms with Crippen molar-refractivity contribution in [2.45, 2.75) is 65.0 Å². The summed E-state index contributed by atoms with van der Waals surface area (Å²) in [5, 5.41) is 3.14. The average Bonchev–Trinajstić information content (AvgIpc) is 2.48. The molecule has 1 amide bonds. The van der Waals surface area contributed by atoms with E-state index in [1.54, 1.807) is 19.5 Å². The first-order valence-electron chi connectivity index (χ1n) is 8.18. The molecule has 1 heterocycles. The number of carbonyl (C=O) groups excluding carboxylic acids is 1. The van der Waals surface area contributed by atoms with Crippen molar-refractivity contribution in [3.05, 3.63) is 12.4 Å². The summed E-state index contributed by atoms with van der Waals surface area (Å²) >= 11 is 0. The van der Waals surface area contributed by atoms with Crippen LogP contribution < -0.4 is 14.8 Å². The van der Waals surface area contributed by atoms with Crippen LogP contribution in [0.5, 0.6) is 11.8 Å². The normalized spacial score (nSPS) is 21.6. The Labute approximate surface area is 138 Å². The Morgan fingerprint density at radius 2 is 1.78 bits per heavy atom. The van der Waals surface area contributed by atoms with Gasteiger partial charge in [0.2, 0.25) is 5.91 Å². The standard InChI is InChI=1S/C17H27N3O3/c1-17(2,3)11-14(21)20-12-5-7-13(8-6-12)23-16-15(22-4)18-9-10-19-16/h9-10,12-13H,5-8,11H2,1-4H3,(H,20,21). The maximum absolute atomic E-state index is 12.0. The van der Waals surface area contributed by atoms with E-state index in [0.717, 1.165) is 25.7 Å². The molecule has 1 saturated carbocycles. The first kappa shape index (κ1) is 17.5. The predicted molar refractivity (Wildman–Crippen MR) is 87.5 cm³/mol. The second-order valence-electron chi connectivity index (χ2n) is 7.27. The number of rotatable bonds is 5. The summed E-state index contributed by atoms with van der Waals surface area (Å²) in [6.45, 7) is 6.23. The molecule has 1 aliphatic rings. The van der Waals surface area contributed by atoms with Gasteiger partial charge < -0.3 is 14.8 Å². The van der Waals surface area contributed by atoms with Crippen LogP contribution in [0.3, 0.4) is 0 Å². The molecule has 0 bridgehead atoms. The topological polar surface area (TPSA) is 73.3 Å². The number of methoxy groups -OCH3 is 1. The van der Waals surface area contributed by atoms with E-state index in [1.807, 2.05) is 0 Å². The highest BCUT2D eigenvalue weighted by atomic mass is 16.5. The van der Waals surface area contributed by atoms with E-state index in [1.165, 1.54) is 0 Å². The molecule has 1 aromatic heterocycles. The Morgan fingerprint density at radius 1 is 1.17 bits per heavy atom. The lowest BCUT2D eigenvalue weighted by atomic mass is 9.90. The molecule has 0 aliphatic heterocycles. The third-order valence-electron chi connectivity index (χ3n) is 3.84. The molecule has 0 atom stereocenters. The van der Waals surface area contributed by atoms with Gasteiger partial charge in [0.1, 0.15) is 6.10 Å². The van der Waals surface area contributed by atoms with Crippen molar-refractivity contribution in [2.24, 2.45) is 5.41 Å². The van der Waals surface area contributed by atoms with Gasteiger partial charge >= 0.3 is 0 Å². The van der Waals surface area contributed by atoms with Crippen LogP contribution in [0.1, 0.15) is 52.9 Å². The fourth-order valence-electron chi connectivity index (χ4n) is 2.78. The minimum absolute atomic E-state index is 0.0208. The zero-order chi connectivity index (χ0) is 16.9. The van der Waals surface area contributed by atoms with E-state index >= 15 is 0 Å². The summed E-state index contributed by atoms with van der Waals surface area (Å²) in [6.07, 6.45) is 7.44. The lowest BCUT2D eigenvalue weighted by Gasteiger charge is -2.30. The van der Waals surface area contributed by atoms with Crippen molar-refractivity contribution >= 4 is 5.91 Å². The van der Waals surface area contributed by atoms with Crippen molar-refractivity contribution in [3.8, 4) is 11.8 Å². The molecule has 1 aromatic rings. The van der Waals surface area contributed by atoms with Gasteiger partial charge in [-0.3, -0.25) is 4.79 Å². The summed E-state index contributed by atoms with van der Waals surface area (Å²) < 4.78 is 11.1. The molecule has 23 heavy (non-hydrogen) atoms.